The number of phenols is 1. The fraction of sp³-hybridized carbons (Fsp3) is 0.571. The molecule has 0 atom stereocenters. The van der Waals surface area contributed by atoms with Gasteiger partial charge in [0.2, 0.25) is 0 Å². The molecule has 0 amide bonds. The van der Waals surface area contributed by atoms with Crippen LogP contribution in [0.2, 0.25) is 0 Å². The second-order valence-corrected chi connectivity index (χ2v) is 4.15. The van der Waals surface area contributed by atoms with Crippen LogP contribution < -0.4 is 0 Å². The fourth-order valence-corrected chi connectivity index (χ4v) is 1.82. The van der Waals surface area contributed by atoms with Gasteiger partial charge in [0.05, 0.1) is 0 Å². The van der Waals surface area contributed by atoms with Gasteiger partial charge in [-0.3, -0.25) is 0 Å². The zero-order valence-electron chi connectivity index (χ0n) is 10.1. The Morgan fingerprint density at radius 3 is 2.25 bits per heavy atom. The van der Waals surface area contributed by atoms with Crippen molar-refractivity contribution in [3.63, 3.8) is 0 Å². The van der Waals surface area contributed by atoms with Gasteiger partial charge in [0.25, 0.3) is 0 Å². The van der Waals surface area contributed by atoms with E-state index in [1.54, 1.807) is 6.07 Å². The molecule has 0 spiro atoms. The number of aromatic hydroxyl groups is 1. The first kappa shape index (κ1) is 15.7. The molecule has 0 unspecified atom stereocenters. The molecule has 2 heteroatoms. The number of phenolic OH excluding ortho intramolecular Hbond substituents is 1. The Kier molecular flexibility index (Phi) is 9.72. The van der Waals surface area contributed by atoms with Crippen molar-refractivity contribution in [1.29, 1.82) is 0 Å². The predicted molar refractivity (Wildman–Crippen MR) is 65.2 cm³/mol. The molecule has 0 aliphatic heterocycles. The largest absolute Gasteiger partial charge is 0.508 e. The summed E-state index contributed by atoms with van der Waals surface area (Å²) in [5.41, 5.74) is 1.09. The monoisotopic (exact) mass is 390 g/mol. The van der Waals surface area contributed by atoms with E-state index in [1.807, 2.05) is 18.2 Å². The summed E-state index contributed by atoms with van der Waals surface area (Å²) >= 11 is 0. The van der Waals surface area contributed by atoms with Crippen molar-refractivity contribution in [1.82, 2.24) is 0 Å². The van der Waals surface area contributed by atoms with Gasteiger partial charge in [-0.15, -0.1) is 0 Å². The molecule has 0 saturated heterocycles. The van der Waals surface area contributed by atoms with Crippen LogP contribution in [0.1, 0.15) is 51.0 Å². The second-order valence-electron chi connectivity index (χ2n) is 4.15. The first-order chi connectivity index (χ1) is 7.34. The molecule has 1 nitrogen and oxygen atoms in total. The van der Waals surface area contributed by atoms with E-state index in [2.05, 4.69) is 6.92 Å². The maximum Gasteiger partial charge on any atom is 0.118 e. The molecular formula is C14H22OW. The van der Waals surface area contributed by atoms with Crippen LogP contribution in [0.5, 0.6) is 5.75 Å². The van der Waals surface area contributed by atoms with Gasteiger partial charge in [-0.1, -0.05) is 57.2 Å². The molecule has 0 saturated carbocycles. The van der Waals surface area contributed by atoms with Gasteiger partial charge in [-0.25, -0.2) is 0 Å². The van der Waals surface area contributed by atoms with Crippen molar-refractivity contribution >= 4 is 0 Å². The van der Waals surface area contributed by atoms with E-state index in [9.17, 15) is 5.11 Å². The third kappa shape index (κ3) is 6.33. The molecule has 1 N–H and O–H groups in total. The number of unbranched alkanes of at least 4 members (excludes halogenated alkanes) is 5. The molecule has 0 aromatic heterocycles. The van der Waals surface area contributed by atoms with E-state index in [1.165, 1.54) is 38.5 Å². The summed E-state index contributed by atoms with van der Waals surface area (Å²) < 4.78 is 0. The molecule has 1 aromatic rings. The minimum absolute atomic E-state index is 0. The molecular weight excluding hydrogens is 368 g/mol. The summed E-state index contributed by atoms with van der Waals surface area (Å²) in [7, 11) is 0. The molecule has 0 fully saturated rings. The summed E-state index contributed by atoms with van der Waals surface area (Å²) in [4.78, 5) is 0. The van der Waals surface area contributed by atoms with Crippen molar-refractivity contribution in [2.24, 2.45) is 0 Å². The van der Waals surface area contributed by atoms with Crippen molar-refractivity contribution in [3.05, 3.63) is 29.8 Å². The maximum atomic E-state index is 9.55. The number of aryl methyl sites for hydroxylation is 1. The van der Waals surface area contributed by atoms with Gasteiger partial charge in [0.15, 0.2) is 0 Å². The van der Waals surface area contributed by atoms with Crippen LogP contribution in [-0.4, -0.2) is 5.11 Å². The topological polar surface area (TPSA) is 20.2 Å². The molecule has 0 radical (unpaired) electrons. The minimum Gasteiger partial charge on any atom is -0.508 e. The SMILES string of the molecule is CCCCCCCCc1ccccc1O.[W]. The van der Waals surface area contributed by atoms with Gasteiger partial charge >= 0.3 is 0 Å². The minimum atomic E-state index is 0. The summed E-state index contributed by atoms with van der Waals surface area (Å²) in [6.45, 7) is 2.24. The zero-order chi connectivity index (χ0) is 10.9. The molecule has 0 aliphatic rings. The molecule has 0 heterocycles. The molecule has 16 heavy (non-hydrogen) atoms. The van der Waals surface area contributed by atoms with Gasteiger partial charge < -0.3 is 5.11 Å². The normalized spacial score (nSPS) is 9.81. The Morgan fingerprint density at radius 1 is 0.938 bits per heavy atom. The van der Waals surface area contributed by atoms with Gasteiger partial charge in [0, 0.05) is 21.1 Å². The molecule has 0 bridgehead atoms. The van der Waals surface area contributed by atoms with Crippen LogP contribution in [0, 0.1) is 0 Å². The summed E-state index contributed by atoms with van der Waals surface area (Å²) in [6, 6.07) is 7.65. The third-order valence-corrected chi connectivity index (χ3v) is 2.79. The fourth-order valence-electron chi connectivity index (χ4n) is 1.82. The van der Waals surface area contributed by atoms with Crippen molar-refractivity contribution in [2.75, 3.05) is 0 Å². The third-order valence-electron chi connectivity index (χ3n) is 2.79. The number of benzene rings is 1. The Morgan fingerprint density at radius 2 is 1.56 bits per heavy atom. The summed E-state index contributed by atoms with van der Waals surface area (Å²) in [5, 5.41) is 9.55. The van der Waals surface area contributed by atoms with Crippen molar-refractivity contribution < 1.29 is 26.2 Å². The Bertz CT molecular complexity index is 273. The Hall–Kier alpha value is -0.292. The van der Waals surface area contributed by atoms with E-state index in [0.29, 0.717) is 5.75 Å². The first-order valence-corrected chi connectivity index (χ1v) is 6.11. The van der Waals surface area contributed by atoms with Crippen molar-refractivity contribution in [3.8, 4) is 5.75 Å². The quantitative estimate of drug-likeness (QED) is 0.689. The van der Waals surface area contributed by atoms with E-state index in [4.69, 9.17) is 0 Å². The van der Waals surface area contributed by atoms with Crippen molar-refractivity contribution in [2.45, 2.75) is 51.9 Å². The number of rotatable bonds is 7. The van der Waals surface area contributed by atoms with E-state index in [-0.39, 0.29) is 21.1 Å². The second kappa shape index (κ2) is 9.90. The van der Waals surface area contributed by atoms with E-state index in [0.717, 1.165) is 12.0 Å². The summed E-state index contributed by atoms with van der Waals surface area (Å²) in [5.74, 6) is 0.450. The van der Waals surface area contributed by atoms with Gasteiger partial charge in [-0.2, -0.15) is 0 Å². The number of hydrogen-bond acceptors (Lipinski definition) is 1. The van der Waals surface area contributed by atoms with Crippen LogP contribution in [0.25, 0.3) is 0 Å². The zero-order valence-corrected chi connectivity index (χ0v) is 13.0. The van der Waals surface area contributed by atoms with E-state index < -0.39 is 0 Å². The number of para-hydroxylation sites is 1. The average molecular weight is 390 g/mol. The smallest absolute Gasteiger partial charge is 0.118 e. The van der Waals surface area contributed by atoms with Gasteiger partial charge in [-0.05, 0) is 24.5 Å². The molecule has 90 valence electrons. The van der Waals surface area contributed by atoms with Crippen LogP contribution in [0.15, 0.2) is 24.3 Å². The molecule has 1 aromatic carbocycles. The number of hydrogen-bond donors (Lipinski definition) is 1. The summed E-state index contributed by atoms with van der Waals surface area (Å²) in [6.07, 6.45) is 8.85. The van der Waals surface area contributed by atoms with Crippen LogP contribution in [-0.2, 0) is 27.5 Å². The average Bonchev–Trinajstić information content (AvgIpc) is 2.25. The van der Waals surface area contributed by atoms with Crippen LogP contribution in [0.3, 0.4) is 0 Å². The van der Waals surface area contributed by atoms with Crippen LogP contribution >= 0.6 is 0 Å². The molecule has 0 aliphatic carbocycles. The molecule has 1 rings (SSSR count). The Balaban J connectivity index is 0.00000225. The Labute approximate surface area is 114 Å². The predicted octanol–water partition coefficient (Wildman–Crippen LogP) is 4.29. The standard InChI is InChI=1S/C14H22O.W/c1-2-3-4-5-6-7-10-13-11-8-9-12-14(13)15;/h8-9,11-12,15H,2-7,10H2,1H3;. The first-order valence-electron chi connectivity index (χ1n) is 6.11. The maximum absolute atomic E-state index is 9.55. The van der Waals surface area contributed by atoms with Gasteiger partial charge in [0.1, 0.15) is 5.75 Å². The van der Waals surface area contributed by atoms with E-state index >= 15 is 0 Å². The van der Waals surface area contributed by atoms with Crippen LogP contribution in [0.4, 0.5) is 0 Å².